The fourth-order valence-electron chi connectivity index (χ4n) is 1.53. The van der Waals surface area contributed by atoms with Crippen molar-refractivity contribution in [2.75, 3.05) is 7.11 Å². The molecule has 0 aliphatic rings. The van der Waals surface area contributed by atoms with Crippen molar-refractivity contribution >= 4 is 0 Å². The van der Waals surface area contributed by atoms with Gasteiger partial charge in [-0.1, -0.05) is 5.11 Å². The molecular weight excluding hydrogens is 232 g/mol. The van der Waals surface area contributed by atoms with E-state index in [2.05, 4.69) is 15.0 Å². The van der Waals surface area contributed by atoms with Gasteiger partial charge in [0.15, 0.2) is 0 Å². The highest BCUT2D eigenvalue weighted by Crippen LogP contribution is 2.24. The van der Waals surface area contributed by atoms with E-state index >= 15 is 0 Å². The van der Waals surface area contributed by atoms with Crippen LogP contribution in [0.15, 0.2) is 33.8 Å². The predicted molar refractivity (Wildman–Crippen MR) is 66.1 cm³/mol. The van der Waals surface area contributed by atoms with Crippen LogP contribution in [0.4, 0.5) is 0 Å². The third kappa shape index (κ3) is 2.44. The second-order valence-corrected chi connectivity index (χ2v) is 3.64. The molecule has 0 bridgehead atoms. The third-order valence-corrected chi connectivity index (χ3v) is 2.51. The number of oxazole rings is 1. The van der Waals surface area contributed by atoms with Gasteiger partial charge in [-0.05, 0) is 36.7 Å². The highest BCUT2D eigenvalue weighted by atomic mass is 16.5. The average Bonchev–Trinajstić information content (AvgIpc) is 2.78. The Morgan fingerprint density at radius 1 is 1.39 bits per heavy atom. The van der Waals surface area contributed by atoms with Gasteiger partial charge < -0.3 is 9.15 Å². The van der Waals surface area contributed by atoms with Crippen LogP contribution in [-0.4, -0.2) is 12.1 Å². The molecule has 0 aliphatic heterocycles. The predicted octanol–water partition coefficient (Wildman–Crippen LogP) is 3.47. The molecule has 1 aromatic carbocycles. The standard InChI is InChI=1S/C12H12N4O2/c1-8-11(7-14-16-13)15-12(18-8)9-3-5-10(17-2)6-4-9/h3-6H,7H2,1-2H3. The molecule has 0 fully saturated rings. The van der Waals surface area contributed by atoms with Gasteiger partial charge in [-0.3, -0.25) is 0 Å². The maximum Gasteiger partial charge on any atom is 0.226 e. The van der Waals surface area contributed by atoms with Gasteiger partial charge in [0.1, 0.15) is 11.5 Å². The molecule has 6 heteroatoms. The molecule has 18 heavy (non-hydrogen) atoms. The summed E-state index contributed by atoms with van der Waals surface area (Å²) in [6, 6.07) is 7.40. The molecule has 1 heterocycles. The van der Waals surface area contributed by atoms with E-state index in [1.54, 1.807) is 14.0 Å². The number of azide groups is 1. The number of aryl methyl sites for hydroxylation is 1. The molecule has 0 radical (unpaired) electrons. The summed E-state index contributed by atoms with van der Waals surface area (Å²) in [5, 5.41) is 3.48. The number of benzene rings is 1. The largest absolute Gasteiger partial charge is 0.497 e. The molecule has 0 N–H and O–H groups in total. The minimum absolute atomic E-state index is 0.196. The van der Waals surface area contributed by atoms with Crippen molar-refractivity contribution in [1.82, 2.24) is 4.98 Å². The fraction of sp³-hybridized carbons (Fsp3) is 0.250. The molecule has 92 valence electrons. The summed E-state index contributed by atoms with van der Waals surface area (Å²) >= 11 is 0. The molecule has 0 amide bonds. The summed E-state index contributed by atoms with van der Waals surface area (Å²) in [6.07, 6.45) is 0. The summed E-state index contributed by atoms with van der Waals surface area (Å²) in [6.45, 7) is 1.99. The minimum atomic E-state index is 0.196. The molecule has 0 saturated heterocycles. The summed E-state index contributed by atoms with van der Waals surface area (Å²) < 4.78 is 10.6. The third-order valence-electron chi connectivity index (χ3n) is 2.51. The maximum absolute atomic E-state index is 8.29. The quantitative estimate of drug-likeness (QED) is 0.469. The number of methoxy groups -OCH3 is 1. The Hall–Kier alpha value is -2.46. The van der Waals surface area contributed by atoms with Crippen molar-refractivity contribution in [1.29, 1.82) is 0 Å². The van der Waals surface area contributed by atoms with E-state index in [1.807, 2.05) is 24.3 Å². The summed E-state index contributed by atoms with van der Waals surface area (Å²) in [4.78, 5) is 7.00. The van der Waals surface area contributed by atoms with Gasteiger partial charge in [-0.2, -0.15) is 0 Å². The molecule has 0 aliphatic carbocycles. The van der Waals surface area contributed by atoms with E-state index in [4.69, 9.17) is 14.7 Å². The van der Waals surface area contributed by atoms with Crippen molar-refractivity contribution in [3.63, 3.8) is 0 Å². The molecule has 1 aromatic heterocycles. The smallest absolute Gasteiger partial charge is 0.226 e. The molecule has 0 spiro atoms. The van der Waals surface area contributed by atoms with Crippen molar-refractivity contribution in [3.8, 4) is 17.2 Å². The van der Waals surface area contributed by atoms with E-state index in [9.17, 15) is 0 Å². The van der Waals surface area contributed by atoms with Gasteiger partial charge in [0.25, 0.3) is 0 Å². The van der Waals surface area contributed by atoms with Gasteiger partial charge in [-0.15, -0.1) is 0 Å². The van der Waals surface area contributed by atoms with E-state index in [-0.39, 0.29) is 6.54 Å². The highest BCUT2D eigenvalue weighted by molar-refractivity contribution is 5.55. The van der Waals surface area contributed by atoms with Crippen molar-refractivity contribution < 1.29 is 9.15 Å². The number of ether oxygens (including phenoxy) is 1. The molecule has 0 atom stereocenters. The van der Waals surface area contributed by atoms with Crippen LogP contribution in [0, 0.1) is 6.92 Å². The monoisotopic (exact) mass is 244 g/mol. The number of hydrogen-bond donors (Lipinski definition) is 0. The Labute approximate surface area is 104 Å². The number of rotatable bonds is 4. The molecule has 0 unspecified atom stereocenters. The van der Waals surface area contributed by atoms with Crippen molar-refractivity contribution in [2.45, 2.75) is 13.5 Å². The van der Waals surface area contributed by atoms with E-state index < -0.39 is 0 Å². The lowest BCUT2D eigenvalue weighted by molar-refractivity contribution is 0.415. The first-order valence-electron chi connectivity index (χ1n) is 5.36. The zero-order chi connectivity index (χ0) is 13.0. The van der Waals surface area contributed by atoms with Crippen molar-refractivity contribution in [2.24, 2.45) is 5.11 Å². The Balaban J connectivity index is 2.29. The Morgan fingerprint density at radius 3 is 2.72 bits per heavy atom. The second kappa shape index (κ2) is 5.25. The van der Waals surface area contributed by atoms with Gasteiger partial charge in [0.05, 0.1) is 19.3 Å². The molecule has 2 aromatic rings. The lowest BCUT2D eigenvalue weighted by atomic mass is 10.2. The van der Waals surface area contributed by atoms with E-state index in [0.29, 0.717) is 17.3 Å². The first-order valence-corrected chi connectivity index (χ1v) is 5.36. The van der Waals surface area contributed by atoms with E-state index in [0.717, 1.165) is 11.3 Å². The summed E-state index contributed by atoms with van der Waals surface area (Å²) in [7, 11) is 1.61. The Bertz CT molecular complexity index is 583. The molecular formula is C12H12N4O2. The number of aromatic nitrogens is 1. The number of hydrogen-bond acceptors (Lipinski definition) is 4. The van der Waals surface area contributed by atoms with Crippen LogP contribution >= 0.6 is 0 Å². The van der Waals surface area contributed by atoms with Gasteiger partial charge in [0, 0.05) is 10.5 Å². The van der Waals surface area contributed by atoms with E-state index in [1.165, 1.54) is 0 Å². The SMILES string of the molecule is COc1ccc(-c2nc(CN=[N+]=[N-])c(C)o2)cc1. The Kier molecular flexibility index (Phi) is 3.50. The lowest BCUT2D eigenvalue weighted by Crippen LogP contribution is -1.84. The van der Waals surface area contributed by atoms with Crippen LogP contribution < -0.4 is 4.74 Å². The van der Waals surface area contributed by atoms with Crippen molar-refractivity contribution in [3.05, 3.63) is 46.2 Å². The highest BCUT2D eigenvalue weighted by Gasteiger charge is 2.10. The average molecular weight is 244 g/mol. The van der Waals surface area contributed by atoms with Gasteiger partial charge in [-0.25, -0.2) is 4.98 Å². The molecule has 2 rings (SSSR count). The van der Waals surface area contributed by atoms with Crippen LogP contribution in [-0.2, 0) is 6.54 Å². The minimum Gasteiger partial charge on any atom is -0.497 e. The second-order valence-electron chi connectivity index (χ2n) is 3.64. The van der Waals surface area contributed by atoms with Crippen LogP contribution in [0.3, 0.4) is 0 Å². The summed E-state index contributed by atoms with van der Waals surface area (Å²) in [5.41, 5.74) is 9.79. The molecule has 6 nitrogen and oxygen atoms in total. The topological polar surface area (TPSA) is 84.0 Å². The van der Waals surface area contributed by atoms with Crippen LogP contribution in [0.25, 0.3) is 21.9 Å². The fourth-order valence-corrected chi connectivity index (χ4v) is 1.53. The van der Waals surface area contributed by atoms with Crippen LogP contribution in [0.2, 0.25) is 0 Å². The normalized spacial score (nSPS) is 9.89. The lowest BCUT2D eigenvalue weighted by Gasteiger charge is -1.99. The maximum atomic E-state index is 8.29. The Morgan fingerprint density at radius 2 is 2.11 bits per heavy atom. The summed E-state index contributed by atoms with van der Waals surface area (Å²) in [5.74, 6) is 1.95. The number of nitrogens with zero attached hydrogens (tertiary/aromatic N) is 4. The first-order chi connectivity index (χ1) is 8.74. The molecule has 0 saturated carbocycles. The van der Waals surface area contributed by atoms with Crippen LogP contribution in [0.1, 0.15) is 11.5 Å². The van der Waals surface area contributed by atoms with Gasteiger partial charge >= 0.3 is 0 Å². The zero-order valence-corrected chi connectivity index (χ0v) is 10.1. The zero-order valence-electron chi connectivity index (χ0n) is 10.1. The van der Waals surface area contributed by atoms with Gasteiger partial charge in [0.2, 0.25) is 5.89 Å². The first kappa shape index (κ1) is 12.0. The van der Waals surface area contributed by atoms with Crippen LogP contribution in [0.5, 0.6) is 5.75 Å².